The maximum absolute atomic E-state index is 12.8. The molecule has 0 radical (unpaired) electrons. The van der Waals surface area contributed by atoms with Gasteiger partial charge in [-0.3, -0.25) is 4.90 Å². The summed E-state index contributed by atoms with van der Waals surface area (Å²) in [5.74, 6) is 2.36. The molecule has 0 aliphatic carbocycles. The number of methoxy groups -OCH3 is 1. The molecule has 5 rings (SSSR count). The van der Waals surface area contributed by atoms with Crippen LogP contribution in [0.15, 0.2) is 66.7 Å². The molecule has 1 saturated heterocycles. The van der Waals surface area contributed by atoms with Crippen LogP contribution in [0.3, 0.4) is 0 Å². The maximum atomic E-state index is 12.8. The lowest BCUT2D eigenvalue weighted by Gasteiger charge is -2.36. The van der Waals surface area contributed by atoms with Crippen molar-refractivity contribution in [1.82, 2.24) is 15.1 Å². The number of ether oxygens (including phenoxy) is 4. The molecule has 206 valence electrons. The second kappa shape index (κ2) is 12.9. The van der Waals surface area contributed by atoms with E-state index in [0.29, 0.717) is 26.2 Å². The van der Waals surface area contributed by atoms with E-state index < -0.39 is 0 Å². The summed E-state index contributed by atoms with van der Waals surface area (Å²) in [4.78, 5) is 17.1. The topological polar surface area (TPSA) is 72.5 Å². The molecular formula is C31H37N3O5. The molecule has 0 bridgehead atoms. The second-order valence-corrected chi connectivity index (χ2v) is 10.0. The standard InChI is InChI=1S/C31H37N3O5/c1-23-6-8-25(9-7-23)21-37-30(26-4-3-5-27(19-26)36-2)20-33-14-16-34(17-15-33)31(35)32-13-12-24-10-11-28-29(18-24)39-22-38-28/h3-11,18-19,30H,12-17,20-22H2,1-2H3,(H,32,35). The summed E-state index contributed by atoms with van der Waals surface area (Å²) in [6, 6.07) is 22.4. The Hall–Kier alpha value is -3.75. The number of amides is 2. The third-order valence-corrected chi connectivity index (χ3v) is 7.25. The van der Waals surface area contributed by atoms with Gasteiger partial charge in [-0.15, -0.1) is 0 Å². The molecule has 1 fully saturated rings. The van der Waals surface area contributed by atoms with E-state index in [1.807, 2.05) is 41.3 Å². The van der Waals surface area contributed by atoms with Crippen LogP contribution in [-0.2, 0) is 17.8 Å². The van der Waals surface area contributed by atoms with Crippen molar-refractivity contribution < 1.29 is 23.7 Å². The van der Waals surface area contributed by atoms with Crippen LogP contribution in [0.5, 0.6) is 17.2 Å². The van der Waals surface area contributed by atoms with Crippen molar-refractivity contribution in [3.05, 3.63) is 89.0 Å². The zero-order valence-electron chi connectivity index (χ0n) is 22.7. The zero-order chi connectivity index (χ0) is 27.0. The molecule has 3 aromatic carbocycles. The molecule has 2 aliphatic rings. The molecule has 3 aromatic rings. The highest BCUT2D eigenvalue weighted by Crippen LogP contribution is 2.32. The molecule has 2 aliphatic heterocycles. The quantitative estimate of drug-likeness (QED) is 0.414. The van der Waals surface area contributed by atoms with Gasteiger partial charge < -0.3 is 29.2 Å². The Morgan fingerprint density at radius 2 is 1.72 bits per heavy atom. The van der Waals surface area contributed by atoms with Crippen LogP contribution in [0.1, 0.15) is 28.4 Å². The largest absolute Gasteiger partial charge is 0.497 e. The van der Waals surface area contributed by atoms with E-state index in [9.17, 15) is 4.79 Å². The average Bonchev–Trinajstić information content (AvgIpc) is 3.44. The molecule has 1 atom stereocenters. The van der Waals surface area contributed by atoms with E-state index in [-0.39, 0.29) is 18.9 Å². The van der Waals surface area contributed by atoms with Crippen molar-refractivity contribution in [2.45, 2.75) is 26.1 Å². The molecule has 8 nitrogen and oxygen atoms in total. The molecule has 0 spiro atoms. The van der Waals surface area contributed by atoms with Crippen LogP contribution in [0.25, 0.3) is 0 Å². The molecular weight excluding hydrogens is 494 g/mol. The molecule has 0 aromatic heterocycles. The fraction of sp³-hybridized carbons (Fsp3) is 0.387. The van der Waals surface area contributed by atoms with Gasteiger partial charge >= 0.3 is 6.03 Å². The Labute approximate surface area is 230 Å². The highest BCUT2D eigenvalue weighted by molar-refractivity contribution is 5.74. The number of hydrogen-bond acceptors (Lipinski definition) is 6. The number of benzene rings is 3. The molecule has 1 unspecified atom stereocenters. The summed E-state index contributed by atoms with van der Waals surface area (Å²) < 4.78 is 22.7. The Bertz CT molecular complexity index is 1240. The number of aryl methyl sites for hydroxylation is 1. The first-order valence-electron chi connectivity index (χ1n) is 13.5. The van der Waals surface area contributed by atoms with Gasteiger partial charge in [-0.05, 0) is 54.3 Å². The first-order chi connectivity index (χ1) is 19.1. The van der Waals surface area contributed by atoms with Crippen molar-refractivity contribution in [2.24, 2.45) is 0 Å². The maximum Gasteiger partial charge on any atom is 0.317 e. The van der Waals surface area contributed by atoms with Crippen molar-refractivity contribution in [3.8, 4) is 17.2 Å². The summed E-state index contributed by atoms with van der Waals surface area (Å²) in [6.45, 7) is 7.16. The van der Waals surface area contributed by atoms with Crippen molar-refractivity contribution in [2.75, 3.05) is 53.2 Å². The summed E-state index contributed by atoms with van der Waals surface area (Å²) in [7, 11) is 1.68. The number of carbonyl (C=O) groups is 1. The van der Waals surface area contributed by atoms with E-state index in [1.54, 1.807) is 7.11 Å². The lowest BCUT2D eigenvalue weighted by Crippen LogP contribution is -2.52. The average molecular weight is 532 g/mol. The second-order valence-electron chi connectivity index (χ2n) is 10.0. The van der Waals surface area contributed by atoms with Crippen LogP contribution in [0, 0.1) is 6.92 Å². The first kappa shape index (κ1) is 26.8. The third kappa shape index (κ3) is 7.22. The van der Waals surface area contributed by atoms with Gasteiger partial charge in [0.05, 0.1) is 19.8 Å². The van der Waals surface area contributed by atoms with Gasteiger partial charge in [-0.1, -0.05) is 48.0 Å². The van der Waals surface area contributed by atoms with Gasteiger partial charge in [-0.25, -0.2) is 4.79 Å². The number of hydrogen-bond donors (Lipinski definition) is 1. The van der Waals surface area contributed by atoms with E-state index in [0.717, 1.165) is 60.0 Å². The molecule has 8 heteroatoms. The fourth-order valence-corrected chi connectivity index (χ4v) is 4.87. The summed E-state index contributed by atoms with van der Waals surface area (Å²) in [6.07, 6.45) is 0.631. The van der Waals surface area contributed by atoms with Gasteiger partial charge in [0.2, 0.25) is 6.79 Å². The molecule has 2 amide bonds. The van der Waals surface area contributed by atoms with Gasteiger partial charge in [-0.2, -0.15) is 0 Å². The number of piperazine rings is 1. The molecule has 1 N–H and O–H groups in total. The minimum absolute atomic E-state index is 0.0182. The zero-order valence-corrected chi connectivity index (χ0v) is 22.7. The van der Waals surface area contributed by atoms with E-state index >= 15 is 0 Å². The smallest absolute Gasteiger partial charge is 0.317 e. The van der Waals surface area contributed by atoms with E-state index in [1.165, 1.54) is 5.56 Å². The molecule has 39 heavy (non-hydrogen) atoms. The number of urea groups is 1. The Kier molecular flexibility index (Phi) is 8.85. The first-order valence-corrected chi connectivity index (χ1v) is 13.5. The Balaban J connectivity index is 1.11. The minimum atomic E-state index is -0.108. The predicted molar refractivity (Wildman–Crippen MR) is 149 cm³/mol. The number of nitrogens with one attached hydrogen (secondary N) is 1. The van der Waals surface area contributed by atoms with Crippen LogP contribution in [0.4, 0.5) is 4.79 Å². The monoisotopic (exact) mass is 531 g/mol. The highest BCUT2D eigenvalue weighted by Gasteiger charge is 2.24. The minimum Gasteiger partial charge on any atom is -0.497 e. The van der Waals surface area contributed by atoms with Gasteiger partial charge in [0, 0.05) is 39.3 Å². The summed E-state index contributed by atoms with van der Waals surface area (Å²) in [5, 5.41) is 3.06. The van der Waals surface area contributed by atoms with Crippen LogP contribution in [0.2, 0.25) is 0 Å². The van der Waals surface area contributed by atoms with Gasteiger partial charge in [0.15, 0.2) is 11.5 Å². The van der Waals surface area contributed by atoms with Crippen molar-refractivity contribution in [1.29, 1.82) is 0 Å². The lowest BCUT2D eigenvalue weighted by atomic mass is 10.1. The summed E-state index contributed by atoms with van der Waals surface area (Å²) >= 11 is 0. The molecule has 0 saturated carbocycles. The number of nitrogens with zero attached hydrogens (tertiary/aromatic N) is 2. The SMILES string of the molecule is COc1cccc(C(CN2CCN(C(=O)NCCc3ccc4c(c3)OCO4)CC2)OCc2ccc(C)cc2)c1. The number of rotatable bonds is 10. The number of carbonyl (C=O) groups excluding carboxylic acids is 1. The lowest BCUT2D eigenvalue weighted by molar-refractivity contribution is 0.00548. The molecule has 2 heterocycles. The van der Waals surface area contributed by atoms with Gasteiger partial charge in [0.25, 0.3) is 0 Å². The number of fused-ring (bicyclic) bond motifs is 1. The Morgan fingerprint density at radius 3 is 2.51 bits per heavy atom. The normalized spacial score (nSPS) is 15.7. The van der Waals surface area contributed by atoms with E-state index in [2.05, 4.69) is 47.5 Å². The summed E-state index contributed by atoms with van der Waals surface area (Å²) in [5.41, 5.74) is 4.58. The highest BCUT2D eigenvalue weighted by atomic mass is 16.7. The third-order valence-electron chi connectivity index (χ3n) is 7.25. The van der Waals surface area contributed by atoms with Crippen LogP contribution in [-0.4, -0.2) is 69.0 Å². The fourth-order valence-electron chi connectivity index (χ4n) is 4.87. The van der Waals surface area contributed by atoms with E-state index in [4.69, 9.17) is 18.9 Å². The predicted octanol–water partition coefficient (Wildman–Crippen LogP) is 4.56. The van der Waals surface area contributed by atoms with Gasteiger partial charge in [0.1, 0.15) is 5.75 Å². The van der Waals surface area contributed by atoms with Crippen molar-refractivity contribution >= 4 is 6.03 Å². The van der Waals surface area contributed by atoms with Crippen LogP contribution >= 0.6 is 0 Å². The van der Waals surface area contributed by atoms with Crippen LogP contribution < -0.4 is 19.5 Å². The van der Waals surface area contributed by atoms with Crippen molar-refractivity contribution in [3.63, 3.8) is 0 Å². The Morgan fingerprint density at radius 1 is 0.949 bits per heavy atom.